The summed E-state index contributed by atoms with van der Waals surface area (Å²) in [6, 6.07) is 14.3. The summed E-state index contributed by atoms with van der Waals surface area (Å²) in [7, 11) is -0.224. The van der Waals surface area contributed by atoms with Crippen LogP contribution in [-0.4, -0.2) is 13.0 Å². The van der Waals surface area contributed by atoms with Crippen molar-refractivity contribution in [2.45, 2.75) is 11.8 Å². The fourth-order valence-electron chi connectivity index (χ4n) is 2.09. The zero-order valence-electron chi connectivity index (χ0n) is 14.5. The van der Waals surface area contributed by atoms with E-state index in [0.717, 1.165) is 5.56 Å². The standard InChI is InChI=1S/C12H14N2.C7H8O3S/c1-13-7-3-11(4-8-13)12-5-9-14(2)10-6-12;1-6-2-4-7(5-3-6)11(8,9)10/h3-10H,1-2H3;2-5H,1H3,(H,8,9,10)/q+2;/p-1. The van der Waals surface area contributed by atoms with E-state index in [1.807, 2.05) is 30.2 Å². The molecule has 3 aromatic rings. The Hall–Kier alpha value is -2.57. The molecule has 0 atom stereocenters. The zero-order chi connectivity index (χ0) is 18.4. The van der Waals surface area contributed by atoms with Crippen LogP contribution in [0.1, 0.15) is 5.56 Å². The Morgan fingerprint density at radius 2 is 1.08 bits per heavy atom. The van der Waals surface area contributed by atoms with E-state index in [0.29, 0.717) is 0 Å². The van der Waals surface area contributed by atoms with Crippen molar-refractivity contribution in [1.82, 2.24) is 0 Å². The Kier molecular flexibility index (Phi) is 6.01. The number of nitrogens with zero attached hydrogens (tertiary/aromatic N) is 2. The molecule has 0 aliphatic carbocycles. The van der Waals surface area contributed by atoms with Crippen molar-refractivity contribution >= 4 is 10.1 Å². The third-order valence-corrected chi connectivity index (χ3v) is 4.45. The molecule has 2 aromatic heterocycles. The van der Waals surface area contributed by atoms with Crippen molar-refractivity contribution in [2.24, 2.45) is 14.1 Å². The first-order valence-corrected chi connectivity index (χ1v) is 9.10. The second-order valence-electron chi connectivity index (χ2n) is 5.77. The highest BCUT2D eigenvalue weighted by Crippen LogP contribution is 2.15. The first-order valence-electron chi connectivity index (χ1n) is 7.69. The van der Waals surface area contributed by atoms with Gasteiger partial charge in [-0.05, 0) is 30.2 Å². The minimum absolute atomic E-state index is 0.178. The average Bonchev–Trinajstić information content (AvgIpc) is 2.57. The minimum Gasteiger partial charge on any atom is -0.744 e. The molecular formula is C19H21N2O3S+. The van der Waals surface area contributed by atoms with Crippen molar-refractivity contribution < 1.29 is 22.1 Å². The van der Waals surface area contributed by atoms with E-state index in [4.69, 9.17) is 0 Å². The Bertz CT molecular complexity index is 874. The molecule has 0 amide bonds. The number of benzene rings is 1. The molecule has 1 aromatic carbocycles. The van der Waals surface area contributed by atoms with Crippen LogP contribution < -0.4 is 9.13 Å². The van der Waals surface area contributed by atoms with Gasteiger partial charge in [-0.2, -0.15) is 0 Å². The maximum Gasteiger partial charge on any atom is 0.169 e. The van der Waals surface area contributed by atoms with Gasteiger partial charge in [-0.25, -0.2) is 17.6 Å². The lowest BCUT2D eigenvalue weighted by atomic mass is 10.1. The summed E-state index contributed by atoms with van der Waals surface area (Å²) in [6.45, 7) is 1.82. The number of rotatable bonds is 2. The summed E-state index contributed by atoms with van der Waals surface area (Å²) in [4.78, 5) is -0.178. The summed E-state index contributed by atoms with van der Waals surface area (Å²) in [5.41, 5.74) is 3.44. The Morgan fingerprint density at radius 1 is 0.720 bits per heavy atom. The van der Waals surface area contributed by atoms with E-state index in [9.17, 15) is 13.0 Å². The van der Waals surface area contributed by atoms with E-state index < -0.39 is 10.1 Å². The summed E-state index contributed by atoms with van der Waals surface area (Å²) >= 11 is 0. The van der Waals surface area contributed by atoms with Gasteiger partial charge in [0, 0.05) is 24.3 Å². The molecule has 0 saturated carbocycles. The van der Waals surface area contributed by atoms with Gasteiger partial charge in [0.25, 0.3) is 0 Å². The van der Waals surface area contributed by atoms with E-state index >= 15 is 0 Å². The Balaban J connectivity index is 0.000000186. The van der Waals surface area contributed by atoms with Gasteiger partial charge in [0.05, 0.1) is 4.90 Å². The fourth-order valence-corrected chi connectivity index (χ4v) is 2.56. The van der Waals surface area contributed by atoms with Crippen LogP contribution in [0.25, 0.3) is 11.1 Å². The highest BCUT2D eigenvalue weighted by molar-refractivity contribution is 7.85. The van der Waals surface area contributed by atoms with Crippen molar-refractivity contribution in [1.29, 1.82) is 0 Å². The van der Waals surface area contributed by atoms with Crippen molar-refractivity contribution in [3.8, 4) is 11.1 Å². The lowest BCUT2D eigenvalue weighted by molar-refractivity contribution is -0.671. The quantitative estimate of drug-likeness (QED) is 0.520. The third kappa shape index (κ3) is 5.77. The Labute approximate surface area is 148 Å². The summed E-state index contributed by atoms with van der Waals surface area (Å²) in [5.74, 6) is 0. The molecule has 0 saturated heterocycles. The molecule has 0 fully saturated rings. The van der Waals surface area contributed by atoms with Gasteiger partial charge in [0.1, 0.15) is 24.2 Å². The van der Waals surface area contributed by atoms with Crippen molar-refractivity contribution in [2.75, 3.05) is 0 Å². The molecule has 0 spiro atoms. The number of aromatic nitrogens is 2. The lowest BCUT2D eigenvalue weighted by Gasteiger charge is -2.05. The molecule has 0 radical (unpaired) electrons. The molecular weight excluding hydrogens is 336 g/mol. The summed E-state index contributed by atoms with van der Waals surface area (Å²) in [6.07, 6.45) is 8.23. The Morgan fingerprint density at radius 3 is 1.40 bits per heavy atom. The molecule has 0 bridgehead atoms. The van der Waals surface area contributed by atoms with Crippen molar-refractivity contribution in [3.63, 3.8) is 0 Å². The van der Waals surface area contributed by atoms with Gasteiger partial charge in [0.2, 0.25) is 0 Å². The SMILES string of the molecule is C[n+]1ccc(-c2cc[n+](C)cc2)cc1.Cc1ccc(S(=O)(=O)[O-])cc1. The predicted molar refractivity (Wildman–Crippen MR) is 93.4 cm³/mol. The number of hydrogen-bond donors (Lipinski definition) is 0. The number of pyridine rings is 2. The minimum atomic E-state index is -4.27. The molecule has 2 heterocycles. The second kappa shape index (κ2) is 8.00. The summed E-state index contributed by atoms with van der Waals surface area (Å²) in [5, 5.41) is 0. The van der Waals surface area contributed by atoms with Crippen LogP contribution in [0.4, 0.5) is 0 Å². The average molecular weight is 357 g/mol. The van der Waals surface area contributed by atoms with Gasteiger partial charge in [-0.3, -0.25) is 0 Å². The van der Waals surface area contributed by atoms with E-state index in [-0.39, 0.29) is 4.90 Å². The molecule has 130 valence electrons. The smallest absolute Gasteiger partial charge is 0.169 e. The van der Waals surface area contributed by atoms with Crippen LogP contribution in [0, 0.1) is 6.92 Å². The van der Waals surface area contributed by atoms with Crippen LogP contribution >= 0.6 is 0 Å². The van der Waals surface area contributed by atoms with Crippen LogP contribution in [0.3, 0.4) is 0 Å². The van der Waals surface area contributed by atoms with Gasteiger partial charge < -0.3 is 4.55 Å². The zero-order valence-corrected chi connectivity index (χ0v) is 15.3. The monoisotopic (exact) mass is 357 g/mol. The number of aryl methyl sites for hydroxylation is 3. The first kappa shape index (κ1) is 18.8. The molecule has 0 aliphatic rings. The highest BCUT2D eigenvalue weighted by atomic mass is 32.2. The van der Waals surface area contributed by atoms with Crippen LogP contribution in [0.2, 0.25) is 0 Å². The van der Waals surface area contributed by atoms with Gasteiger partial charge in [0.15, 0.2) is 24.8 Å². The highest BCUT2D eigenvalue weighted by Gasteiger charge is 2.01. The second-order valence-corrected chi connectivity index (χ2v) is 7.15. The molecule has 0 unspecified atom stereocenters. The van der Waals surface area contributed by atoms with Crippen LogP contribution in [0.15, 0.2) is 78.2 Å². The molecule has 25 heavy (non-hydrogen) atoms. The molecule has 6 heteroatoms. The normalized spacial score (nSPS) is 10.7. The van der Waals surface area contributed by atoms with Crippen LogP contribution in [-0.2, 0) is 24.2 Å². The van der Waals surface area contributed by atoms with E-state index in [1.54, 1.807) is 12.1 Å². The van der Waals surface area contributed by atoms with Gasteiger partial charge >= 0.3 is 0 Å². The molecule has 0 aliphatic heterocycles. The third-order valence-electron chi connectivity index (χ3n) is 3.60. The lowest BCUT2D eigenvalue weighted by Crippen LogP contribution is -2.26. The molecule has 0 N–H and O–H groups in total. The maximum absolute atomic E-state index is 10.4. The molecule has 3 rings (SSSR count). The molecule has 5 nitrogen and oxygen atoms in total. The predicted octanol–water partition coefficient (Wildman–Crippen LogP) is 1.90. The van der Waals surface area contributed by atoms with Gasteiger partial charge in [-0.15, -0.1) is 0 Å². The maximum atomic E-state index is 10.4. The van der Waals surface area contributed by atoms with Crippen molar-refractivity contribution in [3.05, 3.63) is 78.9 Å². The van der Waals surface area contributed by atoms with E-state index in [1.165, 1.54) is 23.3 Å². The summed E-state index contributed by atoms with van der Waals surface area (Å²) < 4.78 is 35.2. The topological polar surface area (TPSA) is 65.0 Å². The fraction of sp³-hybridized carbons (Fsp3) is 0.158. The van der Waals surface area contributed by atoms with Crippen LogP contribution in [0.5, 0.6) is 0 Å². The van der Waals surface area contributed by atoms with E-state index in [2.05, 4.69) is 49.1 Å². The first-order chi connectivity index (χ1) is 11.8. The van der Waals surface area contributed by atoms with Gasteiger partial charge in [-0.1, -0.05) is 17.7 Å². The largest absolute Gasteiger partial charge is 0.744 e. The number of hydrogen-bond acceptors (Lipinski definition) is 3.